The third-order valence-electron chi connectivity index (χ3n) is 2.67. The van der Waals surface area contributed by atoms with E-state index in [0.29, 0.717) is 16.3 Å². The molecule has 0 bridgehead atoms. The van der Waals surface area contributed by atoms with Crippen molar-refractivity contribution in [2.45, 2.75) is 0 Å². The Morgan fingerprint density at radius 3 is 2.55 bits per heavy atom. The van der Waals surface area contributed by atoms with E-state index in [-0.39, 0.29) is 0 Å². The van der Waals surface area contributed by atoms with Gasteiger partial charge in [-0.2, -0.15) is 0 Å². The lowest BCUT2D eigenvalue weighted by molar-refractivity contribution is 0.0602. The number of nitrogens with two attached hydrogens (primary N) is 1. The highest BCUT2D eigenvalue weighted by Gasteiger charge is 2.11. The molecule has 0 saturated carbocycles. The minimum atomic E-state index is -0.469. The first-order valence-corrected chi connectivity index (χ1v) is 6.88. The van der Waals surface area contributed by atoms with Crippen molar-refractivity contribution >= 4 is 50.6 Å². The van der Waals surface area contributed by atoms with Gasteiger partial charge in [-0.3, -0.25) is 0 Å². The van der Waals surface area contributed by atoms with Gasteiger partial charge in [-0.15, -0.1) is 0 Å². The van der Waals surface area contributed by atoms with Gasteiger partial charge >= 0.3 is 5.97 Å². The van der Waals surface area contributed by atoms with E-state index in [1.54, 1.807) is 24.3 Å². The number of esters is 1. The number of ether oxygens (including phenoxy) is 1. The van der Waals surface area contributed by atoms with Crippen LogP contribution in [0, 0.1) is 0 Å². The van der Waals surface area contributed by atoms with Gasteiger partial charge in [-0.05, 0) is 52.3 Å². The van der Waals surface area contributed by atoms with Crippen molar-refractivity contribution in [1.82, 2.24) is 0 Å². The Balaban J connectivity index is 2.29. The summed E-state index contributed by atoms with van der Waals surface area (Å²) in [6, 6.07) is 10.5. The van der Waals surface area contributed by atoms with Gasteiger partial charge in [-0.1, -0.05) is 11.6 Å². The molecule has 2 aromatic rings. The van der Waals surface area contributed by atoms with Crippen LogP contribution in [0.15, 0.2) is 40.9 Å². The normalized spacial score (nSPS) is 10.2. The Bertz CT molecular complexity index is 662. The molecule has 0 saturated heterocycles. The highest BCUT2D eigenvalue weighted by atomic mass is 79.9. The molecule has 104 valence electrons. The number of hydrogen-bond donors (Lipinski definition) is 2. The molecular weight excluding hydrogens is 344 g/mol. The second kappa shape index (κ2) is 6.15. The zero-order valence-electron chi connectivity index (χ0n) is 10.6. The smallest absolute Gasteiger partial charge is 0.340 e. The molecule has 0 unspecified atom stereocenters. The SMILES string of the molecule is COC(=O)c1cc(Nc2ccc(Cl)c(Br)c2)ccc1N. The Morgan fingerprint density at radius 2 is 1.90 bits per heavy atom. The maximum absolute atomic E-state index is 11.6. The summed E-state index contributed by atoms with van der Waals surface area (Å²) in [5.41, 5.74) is 8.01. The molecule has 0 spiro atoms. The van der Waals surface area contributed by atoms with Crippen molar-refractivity contribution in [3.05, 3.63) is 51.5 Å². The fraction of sp³-hybridized carbons (Fsp3) is 0.0714. The summed E-state index contributed by atoms with van der Waals surface area (Å²) in [6.07, 6.45) is 0. The molecule has 0 aliphatic heterocycles. The number of benzene rings is 2. The third-order valence-corrected chi connectivity index (χ3v) is 3.88. The largest absolute Gasteiger partial charge is 0.465 e. The van der Waals surface area contributed by atoms with E-state index in [9.17, 15) is 4.79 Å². The fourth-order valence-electron chi connectivity index (χ4n) is 1.66. The number of carbonyl (C=O) groups is 1. The highest BCUT2D eigenvalue weighted by molar-refractivity contribution is 9.10. The van der Waals surface area contributed by atoms with Crippen LogP contribution in [0.5, 0.6) is 0 Å². The highest BCUT2D eigenvalue weighted by Crippen LogP contribution is 2.28. The number of methoxy groups -OCH3 is 1. The topological polar surface area (TPSA) is 64.3 Å². The minimum Gasteiger partial charge on any atom is -0.465 e. The predicted molar refractivity (Wildman–Crippen MR) is 84.6 cm³/mol. The van der Waals surface area contributed by atoms with Crippen LogP contribution in [0.3, 0.4) is 0 Å². The monoisotopic (exact) mass is 354 g/mol. The molecule has 0 aromatic heterocycles. The summed E-state index contributed by atoms with van der Waals surface area (Å²) in [5.74, 6) is -0.469. The molecular formula is C14H12BrClN2O2. The quantitative estimate of drug-likeness (QED) is 0.639. The van der Waals surface area contributed by atoms with Crippen LogP contribution in [0.1, 0.15) is 10.4 Å². The van der Waals surface area contributed by atoms with E-state index in [2.05, 4.69) is 26.0 Å². The second-order valence-corrected chi connectivity index (χ2v) is 5.31. The Morgan fingerprint density at radius 1 is 1.25 bits per heavy atom. The van der Waals surface area contributed by atoms with Crippen molar-refractivity contribution in [2.24, 2.45) is 0 Å². The first-order chi connectivity index (χ1) is 9.51. The van der Waals surface area contributed by atoms with Crippen LogP contribution in [0.25, 0.3) is 0 Å². The van der Waals surface area contributed by atoms with E-state index in [1.165, 1.54) is 7.11 Å². The van der Waals surface area contributed by atoms with Crippen molar-refractivity contribution in [1.29, 1.82) is 0 Å². The van der Waals surface area contributed by atoms with Gasteiger partial charge < -0.3 is 15.8 Å². The Labute approximate surface area is 130 Å². The molecule has 2 rings (SSSR count). The van der Waals surface area contributed by atoms with Crippen LogP contribution in [-0.2, 0) is 4.74 Å². The third kappa shape index (κ3) is 3.23. The molecule has 0 radical (unpaired) electrons. The number of carbonyl (C=O) groups excluding carboxylic acids is 1. The summed E-state index contributed by atoms with van der Waals surface area (Å²) in [7, 11) is 1.32. The van der Waals surface area contributed by atoms with Gasteiger partial charge in [0.15, 0.2) is 0 Å². The summed E-state index contributed by atoms with van der Waals surface area (Å²) < 4.78 is 5.47. The van der Waals surface area contributed by atoms with Crippen LogP contribution in [0.4, 0.5) is 17.1 Å². The van der Waals surface area contributed by atoms with Crippen LogP contribution in [0.2, 0.25) is 5.02 Å². The zero-order chi connectivity index (χ0) is 14.7. The lowest BCUT2D eigenvalue weighted by Gasteiger charge is -2.10. The molecule has 0 atom stereocenters. The molecule has 20 heavy (non-hydrogen) atoms. The molecule has 0 aliphatic carbocycles. The van der Waals surface area contributed by atoms with Crippen molar-refractivity contribution in [3.8, 4) is 0 Å². The lowest BCUT2D eigenvalue weighted by atomic mass is 10.1. The lowest BCUT2D eigenvalue weighted by Crippen LogP contribution is -2.06. The molecule has 0 aliphatic rings. The van der Waals surface area contributed by atoms with E-state index in [0.717, 1.165) is 15.8 Å². The molecule has 3 N–H and O–H groups in total. The number of anilines is 3. The minimum absolute atomic E-state index is 0.325. The molecule has 0 fully saturated rings. The van der Waals surface area contributed by atoms with Gasteiger partial charge in [-0.25, -0.2) is 4.79 Å². The van der Waals surface area contributed by atoms with Gasteiger partial charge in [0.05, 0.1) is 17.7 Å². The zero-order valence-corrected chi connectivity index (χ0v) is 13.0. The van der Waals surface area contributed by atoms with Crippen molar-refractivity contribution in [2.75, 3.05) is 18.2 Å². The Hall–Kier alpha value is -1.72. The molecule has 6 heteroatoms. The average molecular weight is 356 g/mol. The number of rotatable bonds is 3. The van der Waals surface area contributed by atoms with Crippen molar-refractivity contribution < 1.29 is 9.53 Å². The summed E-state index contributed by atoms with van der Waals surface area (Å²) in [6.45, 7) is 0. The van der Waals surface area contributed by atoms with Gasteiger partial charge in [0.25, 0.3) is 0 Å². The maximum atomic E-state index is 11.6. The average Bonchev–Trinajstić information content (AvgIpc) is 2.44. The van der Waals surface area contributed by atoms with Gasteiger partial charge in [0.2, 0.25) is 0 Å². The van der Waals surface area contributed by atoms with Gasteiger partial charge in [0, 0.05) is 21.5 Å². The first kappa shape index (κ1) is 14.7. The van der Waals surface area contributed by atoms with Crippen LogP contribution >= 0.6 is 27.5 Å². The van der Waals surface area contributed by atoms with Crippen LogP contribution < -0.4 is 11.1 Å². The summed E-state index contributed by atoms with van der Waals surface area (Å²) >= 11 is 9.29. The molecule has 4 nitrogen and oxygen atoms in total. The summed E-state index contributed by atoms with van der Waals surface area (Å²) in [5, 5.41) is 3.79. The van der Waals surface area contributed by atoms with E-state index in [4.69, 9.17) is 17.3 Å². The van der Waals surface area contributed by atoms with Crippen molar-refractivity contribution in [3.63, 3.8) is 0 Å². The fourth-order valence-corrected chi connectivity index (χ4v) is 2.16. The number of nitrogen functional groups attached to an aromatic ring is 1. The van der Waals surface area contributed by atoms with E-state index < -0.39 is 5.97 Å². The second-order valence-electron chi connectivity index (χ2n) is 4.05. The Kier molecular flexibility index (Phi) is 4.52. The van der Waals surface area contributed by atoms with E-state index in [1.807, 2.05) is 12.1 Å². The number of nitrogens with one attached hydrogen (secondary N) is 1. The van der Waals surface area contributed by atoms with Gasteiger partial charge in [0.1, 0.15) is 0 Å². The van der Waals surface area contributed by atoms with Crippen LogP contribution in [-0.4, -0.2) is 13.1 Å². The number of hydrogen-bond acceptors (Lipinski definition) is 4. The maximum Gasteiger partial charge on any atom is 0.340 e. The first-order valence-electron chi connectivity index (χ1n) is 5.71. The molecule has 0 amide bonds. The van der Waals surface area contributed by atoms with E-state index >= 15 is 0 Å². The number of halogens is 2. The summed E-state index contributed by atoms with van der Waals surface area (Å²) in [4.78, 5) is 11.6. The molecule has 2 aromatic carbocycles. The predicted octanol–water partition coefficient (Wildman–Crippen LogP) is 4.21. The molecule has 0 heterocycles. The standard InChI is InChI=1S/C14H12BrClN2O2/c1-20-14(19)10-6-8(3-5-13(10)17)18-9-2-4-12(16)11(15)7-9/h2-7,18H,17H2,1H3.